The van der Waals surface area contributed by atoms with E-state index in [-0.39, 0.29) is 11.8 Å². The Hall–Kier alpha value is -4.15. The molecule has 0 atom stereocenters. The second kappa shape index (κ2) is 12.1. The molecule has 1 aromatic heterocycles. The first-order valence-corrected chi connectivity index (χ1v) is 14.3. The van der Waals surface area contributed by atoms with Crippen molar-refractivity contribution in [1.82, 2.24) is 4.57 Å². The smallest absolute Gasteiger partial charge is 0.212 e. The molecule has 5 rings (SSSR count). The van der Waals surface area contributed by atoms with E-state index >= 15 is 0 Å². The summed E-state index contributed by atoms with van der Waals surface area (Å²) in [6, 6.07) is 39.3. The highest BCUT2D eigenvalue weighted by Gasteiger charge is 2.18. The van der Waals surface area contributed by atoms with Crippen molar-refractivity contribution in [3.8, 4) is 17.4 Å². The van der Waals surface area contributed by atoms with Gasteiger partial charge < -0.3 is 10.2 Å². The van der Waals surface area contributed by atoms with Gasteiger partial charge in [-0.2, -0.15) is 0 Å². The lowest BCUT2D eigenvalue weighted by molar-refractivity contribution is 0.398. The fraction of sp³-hybridized carbons (Fsp3) is 0.143. The summed E-state index contributed by atoms with van der Waals surface area (Å²) >= 11 is 1.57. The van der Waals surface area contributed by atoms with Gasteiger partial charge in [-0.3, -0.25) is 4.57 Å². The zero-order chi connectivity index (χ0) is 27.2. The van der Waals surface area contributed by atoms with Crippen LogP contribution in [0.15, 0.2) is 120 Å². The third-order valence-electron chi connectivity index (χ3n) is 6.81. The highest BCUT2D eigenvalue weighted by atomic mass is 32.2. The van der Waals surface area contributed by atoms with Gasteiger partial charge in [0.1, 0.15) is 0 Å². The summed E-state index contributed by atoms with van der Waals surface area (Å²) in [6.07, 6.45) is 2.15. The maximum atomic E-state index is 10.9. The molecule has 0 aliphatic heterocycles. The minimum atomic E-state index is 0.0303. The van der Waals surface area contributed by atoms with Crippen molar-refractivity contribution in [2.75, 3.05) is 5.75 Å². The molecule has 0 saturated carbocycles. The minimum Gasteiger partial charge on any atom is -0.494 e. The van der Waals surface area contributed by atoms with E-state index in [0.29, 0.717) is 10.6 Å². The SMILES string of the molecule is CCCCSc1cc(O)n(-c2ccc(C(=C(c3ccccc3)c3ccc(C)cc3)c3ccccc3)cc2)c1O. The van der Waals surface area contributed by atoms with Crippen LogP contribution in [0.3, 0.4) is 0 Å². The first-order chi connectivity index (χ1) is 19.1. The third kappa shape index (κ3) is 5.81. The lowest BCUT2D eigenvalue weighted by Gasteiger charge is -2.19. The van der Waals surface area contributed by atoms with Crippen LogP contribution in [0.1, 0.15) is 47.6 Å². The summed E-state index contributed by atoms with van der Waals surface area (Å²) in [4.78, 5) is 0.695. The summed E-state index contributed by atoms with van der Waals surface area (Å²) < 4.78 is 1.50. The predicted octanol–water partition coefficient (Wildman–Crippen LogP) is 9.10. The average molecular weight is 532 g/mol. The van der Waals surface area contributed by atoms with Gasteiger partial charge in [-0.15, -0.1) is 11.8 Å². The molecule has 2 N–H and O–H groups in total. The van der Waals surface area contributed by atoms with E-state index in [0.717, 1.165) is 52.0 Å². The fourth-order valence-corrected chi connectivity index (χ4v) is 5.83. The Bertz CT molecular complexity index is 1550. The average Bonchev–Trinajstić information content (AvgIpc) is 3.26. The number of aromatic hydroxyl groups is 2. The zero-order valence-corrected chi connectivity index (χ0v) is 23.2. The van der Waals surface area contributed by atoms with Crippen molar-refractivity contribution in [3.05, 3.63) is 143 Å². The molecule has 1 heterocycles. The van der Waals surface area contributed by atoms with Crippen LogP contribution in [-0.2, 0) is 0 Å². The van der Waals surface area contributed by atoms with E-state index < -0.39 is 0 Å². The molecule has 0 saturated heterocycles. The van der Waals surface area contributed by atoms with Gasteiger partial charge in [0.25, 0.3) is 0 Å². The van der Waals surface area contributed by atoms with Crippen LogP contribution in [0.2, 0.25) is 0 Å². The van der Waals surface area contributed by atoms with Gasteiger partial charge >= 0.3 is 0 Å². The Kier molecular flexibility index (Phi) is 8.24. The topological polar surface area (TPSA) is 45.4 Å². The summed E-state index contributed by atoms with van der Waals surface area (Å²) in [7, 11) is 0. The highest BCUT2D eigenvalue weighted by Crippen LogP contribution is 2.40. The molecule has 4 heteroatoms. The van der Waals surface area contributed by atoms with Crippen molar-refractivity contribution in [2.45, 2.75) is 31.6 Å². The third-order valence-corrected chi connectivity index (χ3v) is 7.91. The number of aromatic nitrogens is 1. The van der Waals surface area contributed by atoms with E-state index in [1.54, 1.807) is 17.8 Å². The lowest BCUT2D eigenvalue weighted by Crippen LogP contribution is -1.99. The first kappa shape index (κ1) is 26.5. The predicted molar refractivity (Wildman–Crippen MR) is 164 cm³/mol. The van der Waals surface area contributed by atoms with Gasteiger partial charge in [0.15, 0.2) is 5.88 Å². The molecule has 3 nitrogen and oxygen atoms in total. The van der Waals surface area contributed by atoms with Gasteiger partial charge in [0, 0.05) is 6.07 Å². The second-order valence-electron chi connectivity index (χ2n) is 9.62. The number of hydrogen-bond acceptors (Lipinski definition) is 3. The number of thioether (sulfide) groups is 1. The zero-order valence-electron chi connectivity index (χ0n) is 22.3. The van der Waals surface area contributed by atoms with Gasteiger partial charge in [0.05, 0.1) is 10.6 Å². The molecule has 0 bridgehead atoms. The van der Waals surface area contributed by atoms with E-state index in [1.165, 1.54) is 10.1 Å². The van der Waals surface area contributed by atoms with E-state index in [1.807, 2.05) is 24.3 Å². The second-order valence-corrected chi connectivity index (χ2v) is 10.8. The maximum Gasteiger partial charge on any atom is 0.212 e. The molecule has 0 spiro atoms. The molecular weight excluding hydrogens is 498 g/mol. The molecule has 5 aromatic rings. The van der Waals surface area contributed by atoms with Crippen molar-refractivity contribution < 1.29 is 10.2 Å². The van der Waals surface area contributed by atoms with E-state index in [9.17, 15) is 10.2 Å². The normalized spacial score (nSPS) is 11.8. The highest BCUT2D eigenvalue weighted by molar-refractivity contribution is 7.99. The summed E-state index contributed by atoms with van der Waals surface area (Å²) in [5.74, 6) is 1.01. The Balaban J connectivity index is 1.65. The minimum absolute atomic E-state index is 0.0303. The summed E-state index contributed by atoms with van der Waals surface area (Å²) in [5, 5.41) is 21.6. The van der Waals surface area contributed by atoms with Gasteiger partial charge in [0.2, 0.25) is 5.88 Å². The Morgan fingerprint density at radius 2 is 1.15 bits per heavy atom. The number of benzene rings is 4. The number of nitrogens with zero attached hydrogens (tertiary/aromatic N) is 1. The van der Waals surface area contributed by atoms with E-state index in [4.69, 9.17) is 0 Å². The molecule has 0 unspecified atom stereocenters. The Morgan fingerprint density at radius 1 is 0.667 bits per heavy atom. The van der Waals surface area contributed by atoms with Gasteiger partial charge in [-0.1, -0.05) is 116 Å². The molecule has 4 aromatic carbocycles. The number of unbranched alkanes of at least 4 members (excludes halogenated alkanes) is 1. The monoisotopic (exact) mass is 531 g/mol. The summed E-state index contributed by atoms with van der Waals surface area (Å²) in [6.45, 7) is 4.25. The molecule has 0 aliphatic rings. The van der Waals surface area contributed by atoms with Crippen LogP contribution in [0, 0.1) is 6.92 Å². The van der Waals surface area contributed by atoms with Crippen molar-refractivity contribution in [1.29, 1.82) is 0 Å². The van der Waals surface area contributed by atoms with Crippen LogP contribution in [0.5, 0.6) is 11.8 Å². The van der Waals surface area contributed by atoms with Gasteiger partial charge in [-0.25, -0.2) is 0 Å². The molecule has 0 aliphatic carbocycles. The Labute approximate surface area is 235 Å². The quantitative estimate of drug-likeness (QED) is 0.113. The van der Waals surface area contributed by atoms with Crippen LogP contribution in [0.25, 0.3) is 16.8 Å². The van der Waals surface area contributed by atoms with E-state index in [2.05, 4.69) is 98.8 Å². The van der Waals surface area contributed by atoms with Crippen LogP contribution in [-0.4, -0.2) is 20.5 Å². The molecule has 0 amide bonds. The molecule has 196 valence electrons. The van der Waals surface area contributed by atoms with Crippen molar-refractivity contribution in [3.63, 3.8) is 0 Å². The number of hydrogen-bond donors (Lipinski definition) is 2. The number of rotatable bonds is 9. The first-order valence-electron chi connectivity index (χ1n) is 13.4. The number of aryl methyl sites for hydroxylation is 1. The Morgan fingerprint density at radius 3 is 1.67 bits per heavy atom. The fourth-order valence-electron chi connectivity index (χ4n) is 4.77. The van der Waals surface area contributed by atoms with Crippen LogP contribution in [0.4, 0.5) is 0 Å². The van der Waals surface area contributed by atoms with Crippen LogP contribution >= 0.6 is 11.8 Å². The summed E-state index contributed by atoms with van der Waals surface area (Å²) in [5.41, 5.74) is 8.64. The maximum absolute atomic E-state index is 10.9. The van der Waals surface area contributed by atoms with Crippen LogP contribution < -0.4 is 0 Å². The molecular formula is C35H33NO2S. The molecule has 0 radical (unpaired) electrons. The van der Waals surface area contributed by atoms with Gasteiger partial charge in [-0.05, 0) is 64.6 Å². The molecule has 39 heavy (non-hydrogen) atoms. The lowest BCUT2D eigenvalue weighted by atomic mass is 9.85. The van der Waals surface area contributed by atoms with Crippen molar-refractivity contribution >= 4 is 22.9 Å². The van der Waals surface area contributed by atoms with Crippen molar-refractivity contribution in [2.24, 2.45) is 0 Å². The molecule has 0 fully saturated rings. The standard InChI is InChI=1S/C35H33NO2S/c1-3-4-23-39-31-24-32(37)36(35(31)38)30-21-19-29(20-22-30)34(27-13-9-6-10-14-27)33(26-11-7-5-8-12-26)28-17-15-25(2)16-18-28/h5-22,24,37-38H,3-4,23H2,1-2H3. The largest absolute Gasteiger partial charge is 0.494 e.